The second-order valence-corrected chi connectivity index (χ2v) is 0.644. The van der Waals surface area contributed by atoms with Gasteiger partial charge in [-0.3, -0.25) is 5.32 Å². The van der Waals surface area contributed by atoms with Gasteiger partial charge in [-0.25, -0.2) is 0 Å². The summed E-state index contributed by atoms with van der Waals surface area (Å²) in [5, 5.41) is 2.36. The van der Waals surface area contributed by atoms with Gasteiger partial charge in [0, 0.05) is 12.1 Å². The predicted octanol–water partition coefficient (Wildman–Crippen LogP) is 0.148. The van der Waals surface area contributed by atoms with Crippen molar-refractivity contribution in [2.24, 2.45) is 0 Å². The molecule has 0 radical (unpaired) electrons. The maximum Gasteiger partial charge on any atom is 0.0168 e. The molecule has 0 rings (SSSR count). The molecule has 0 spiro atoms. The van der Waals surface area contributed by atoms with Gasteiger partial charge >= 0.3 is 0 Å². The van der Waals surface area contributed by atoms with Gasteiger partial charge in [-0.05, 0) is 6.92 Å². The maximum absolute atomic E-state index is 4.75. The van der Waals surface area contributed by atoms with Crippen molar-refractivity contribution in [3.05, 3.63) is 0 Å². The Hall–Kier alpha value is -1.08. The van der Waals surface area contributed by atoms with Crippen LogP contribution in [0, 0.1) is 24.4 Å². The van der Waals surface area contributed by atoms with Crippen LogP contribution in [0.2, 0.25) is 0 Å². The molecule has 0 amide bonds. The Morgan fingerprint density at radius 2 is 2.33 bits per heavy atom. The van der Waals surface area contributed by atoms with Crippen LogP contribution in [0.4, 0.5) is 0 Å². The fraction of sp³-hybridized carbons (Fsp3) is 0.200. The molecule has 0 saturated heterocycles. The Morgan fingerprint density at radius 1 is 1.67 bits per heavy atom. The van der Waals surface area contributed by atoms with E-state index in [1.165, 1.54) is 0 Å². The second kappa shape index (κ2) is 3.92. The predicted molar refractivity (Wildman–Crippen MR) is 25.4 cm³/mol. The Labute approximate surface area is 37.7 Å². The van der Waals surface area contributed by atoms with E-state index in [9.17, 15) is 0 Å². The van der Waals surface area contributed by atoms with Crippen LogP contribution in [-0.4, -0.2) is 0 Å². The first-order chi connectivity index (χ1) is 2.91. The van der Waals surface area contributed by atoms with E-state index in [0.717, 1.165) is 0 Å². The van der Waals surface area contributed by atoms with Crippen LogP contribution in [0.25, 0.3) is 0 Å². The van der Waals surface area contributed by atoms with Crippen LogP contribution in [0.15, 0.2) is 0 Å². The third kappa shape index (κ3) is 2.92. The van der Waals surface area contributed by atoms with E-state index in [1.807, 2.05) is 0 Å². The lowest BCUT2D eigenvalue weighted by Gasteiger charge is -1.68. The molecule has 0 bridgehead atoms. The molecule has 0 unspecified atom stereocenters. The van der Waals surface area contributed by atoms with Crippen molar-refractivity contribution in [1.82, 2.24) is 5.32 Å². The summed E-state index contributed by atoms with van der Waals surface area (Å²) in [5.41, 5.74) is 0. The highest BCUT2D eigenvalue weighted by Crippen LogP contribution is 1.39. The molecule has 1 N–H and O–H groups in total. The van der Waals surface area contributed by atoms with Crippen LogP contribution in [-0.2, 0) is 0 Å². The molecule has 0 fully saturated rings. The van der Waals surface area contributed by atoms with Crippen molar-refractivity contribution in [1.29, 1.82) is 0 Å². The van der Waals surface area contributed by atoms with Crippen molar-refractivity contribution < 1.29 is 0 Å². The summed E-state index contributed by atoms with van der Waals surface area (Å²) in [5.74, 6) is 2.56. The SMILES string of the molecule is C#CNC#CC. The zero-order chi connectivity index (χ0) is 4.83. The zero-order valence-corrected chi connectivity index (χ0v) is 3.58. The number of terminal acetylenes is 1. The standard InChI is InChI=1S/C5H5N/c1-3-5-6-4-2/h2,6H,1H3. The lowest BCUT2D eigenvalue weighted by Crippen LogP contribution is -1.89. The molecule has 0 atom stereocenters. The molecule has 0 aliphatic rings. The highest BCUT2D eigenvalue weighted by molar-refractivity contribution is 5.00. The van der Waals surface area contributed by atoms with E-state index in [2.05, 4.69) is 23.3 Å². The third-order valence-electron chi connectivity index (χ3n) is 0.260. The average Bonchev–Trinajstić information content (AvgIpc) is 1.61. The summed E-state index contributed by atoms with van der Waals surface area (Å²) < 4.78 is 0. The highest BCUT2D eigenvalue weighted by Gasteiger charge is 1.47. The van der Waals surface area contributed by atoms with Gasteiger partial charge in [0.05, 0.1) is 0 Å². The van der Waals surface area contributed by atoms with Gasteiger partial charge in [-0.15, -0.1) is 0 Å². The van der Waals surface area contributed by atoms with Gasteiger partial charge in [0.1, 0.15) is 0 Å². The fourth-order valence-corrected chi connectivity index (χ4v) is 0.0986. The van der Waals surface area contributed by atoms with Crippen LogP contribution in [0.3, 0.4) is 0 Å². The largest absolute Gasteiger partial charge is 0.274 e. The summed E-state index contributed by atoms with van der Waals surface area (Å²) in [6.07, 6.45) is 4.75. The fourth-order valence-electron chi connectivity index (χ4n) is 0.0986. The average molecular weight is 79.1 g/mol. The van der Waals surface area contributed by atoms with E-state index < -0.39 is 0 Å². The molecule has 0 aromatic rings. The monoisotopic (exact) mass is 79.0 g/mol. The molecule has 0 aromatic carbocycles. The van der Waals surface area contributed by atoms with Crippen molar-refractivity contribution >= 4 is 0 Å². The third-order valence-corrected chi connectivity index (χ3v) is 0.260. The molecule has 0 aliphatic heterocycles. The van der Waals surface area contributed by atoms with Gasteiger partial charge in [-0.1, -0.05) is 12.3 Å². The molecular formula is C5H5N. The number of hydrogen-bond acceptors (Lipinski definition) is 1. The minimum Gasteiger partial charge on any atom is -0.274 e. The molecular weight excluding hydrogens is 74.1 g/mol. The molecule has 0 saturated carbocycles. The van der Waals surface area contributed by atoms with Gasteiger partial charge < -0.3 is 0 Å². The second-order valence-electron chi connectivity index (χ2n) is 0.644. The van der Waals surface area contributed by atoms with Gasteiger partial charge in [0.25, 0.3) is 0 Å². The molecule has 0 heterocycles. The Morgan fingerprint density at radius 3 is 2.50 bits per heavy atom. The Kier molecular flexibility index (Phi) is 3.21. The van der Waals surface area contributed by atoms with Crippen LogP contribution in [0.5, 0.6) is 0 Å². The smallest absolute Gasteiger partial charge is 0.0168 e. The van der Waals surface area contributed by atoms with E-state index in [4.69, 9.17) is 6.42 Å². The Bertz CT molecular complexity index is 108. The van der Waals surface area contributed by atoms with Crippen LogP contribution < -0.4 is 5.32 Å². The van der Waals surface area contributed by atoms with E-state index in [0.29, 0.717) is 0 Å². The van der Waals surface area contributed by atoms with Crippen molar-refractivity contribution in [3.63, 3.8) is 0 Å². The van der Waals surface area contributed by atoms with Crippen LogP contribution >= 0.6 is 0 Å². The summed E-state index contributed by atoms with van der Waals surface area (Å²) in [6.45, 7) is 1.71. The van der Waals surface area contributed by atoms with Crippen molar-refractivity contribution in [2.45, 2.75) is 6.92 Å². The maximum atomic E-state index is 4.75. The summed E-state index contributed by atoms with van der Waals surface area (Å²) in [7, 11) is 0. The highest BCUT2D eigenvalue weighted by atomic mass is 14.8. The van der Waals surface area contributed by atoms with Gasteiger partial charge in [0.15, 0.2) is 0 Å². The summed E-state index contributed by atoms with van der Waals surface area (Å²) in [4.78, 5) is 0. The molecule has 0 aliphatic carbocycles. The van der Waals surface area contributed by atoms with Gasteiger partial charge in [-0.2, -0.15) is 0 Å². The first-order valence-electron chi connectivity index (χ1n) is 1.54. The number of rotatable bonds is 0. The molecule has 0 aromatic heterocycles. The molecule has 30 valence electrons. The van der Waals surface area contributed by atoms with E-state index in [1.54, 1.807) is 6.92 Å². The minimum atomic E-state index is 1.71. The first-order valence-corrected chi connectivity index (χ1v) is 1.54. The van der Waals surface area contributed by atoms with E-state index in [-0.39, 0.29) is 0 Å². The normalized spacial score (nSPS) is 4.00. The number of nitrogens with one attached hydrogen (secondary N) is 1. The molecule has 6 heavy (non-hydrogen) atoms. The first kappa shape index (κ1) is 4.92. The van der Waals surface area contributed by atoms with Crippen molar-refractivity contribution in [3.8, 4) is 24.4 Å². The molecule has 1 heteroatoms. The lowest BCUT2D eigenvalue weighted by molar-refractivity contribution is 1.34. The minimum absolute atomic E-state index is 1.71. The topological polar surface area (TPSA) is 12.0 Å². The Balaban J connectivity index is 3.07. The lowest BCUT2D eigenvalue weighted by atomic mass is 10.8. The van der Waals surface area contributed by atoms with E-state index >= 15 is 0 Å². The zero-order valence-electron chi connectivity index (χ0n) is 3.58. The van der Waals surface area contributed by atoms with Crippen molar-refractivity contribution in [2.75, 3.05) is 0 Å². The summed E-state index contributed by atoms with van der Waals surface area (Å²) >= 11 is 0. The number of hydrogen-bond donors (Lipinski definition) is 1. The quantitative estimate of drug-likeness (QED) is 0.322. The van der Waals surface area contributed by atoms with Gasteiger partial charge in [0.2, 0.25) is 0 Å². The summed E-state index contributed by atoms with van der Waals surface area (Å²) in [6, 6.07) is 4.61. The van der Waals surface area contributed by atoms with Crippen LogP contribution in [0.1, 0.15) is 6.92 Å². The molecule has 1 nitrogen and oxygen atoms in total.